The Kier molecular flexibility index (Phi) is 6.55. The summed E-state index contributed by atoms with van der Waals surface area (Å²) >= 11 is 0. The molecular weight excluding hydrogens is 375 g/mol. The van der Waals surface area contributed by atoms with Crippen LogP contribution in [0.15, 0.2) is 24.3 Å². The lowest BCUT2D eigenvalue weighted by Gasteiger charge is -2.36. The molecule has 26 heavy (non-hydrogen) atoms. The summed E-state index contributed by atoms with van der Waals surface area (Å²) in [6.45, 7) is 4.01. The number of benzene rings is 1. The summed E-state index contributed by atoms with van der Waals surface area (Å²) in [5, 5.41) is 0. The second-order valence-corrected chi connectivity index (χ2v) is 7.15. The van der Waals surface area contributed by atoms with Gasteiger partial charge in [-0.3, -0.25) is 14.5 Å². The van der Waals surface area contributed by atoms with Crippen molar-refractivity contribution in [2.45, 2.75) is 24.8 Å². The van der Waals surface area contributed by atoms with Crippen LogP contribution in [0.3, 0.4) is 0 Å². The minimum Gasteiger partial charge on any atom is -0.339 e. The quantitative estimate of drug-likeness (QED) is 0.822. The van der Waals surface area contributed by atoms with Crippen molar-refractivity contribution < 1.29 is 9.59 Å². The average Bonchev–Trinajstić information content (AvgIpc) is 3.21. The molecule has 2 N–H and O–H groups in total. The molecule has 4 rings (SSSR count). The van der Waals surface area contributed by atoms with Crippen LogP contribution in [-0.2, 0) is 16.0 Å². The van der Waals surface area contributed by atoms with Crippen molar-refractivity contribution in [2.75, 3.05) is 44.2 Å². The standard InChI is InChI=1S/C18H24N4O2.2ClH/c19-18(6-7-18)17(24)21-11-9-20(10-12-21)13-16(23)22-8-5-14-3-1-2-4-15(14)22;;/h1-4H,5-13,19H2;2*1H. The maximum Gasteiger partial charge on any atom is 0.242 e. The van der Waals surface area contributed by atoms with E-state index < -0.39 is 5.54 Å². The number of halogens is 2. The highest BCUT2D eigenvalue weighted by atomic mass is 35.5. The van der Waals surface area contributed by atoms with Crippen LogP contribution in [0.1, 0.15) is 18.4 Å². The number of rotatable bonds is 3. The number of hydrogen-bond donors (Lipinski definition) is 1. The number of nitrogens with two attached hydrogens (primary N) is 1. The van der Waals surface area contributed by atoms with Crippen molar-refractivity contribution in [1.82, 2.24) is 9.80 Å². The van der Waals surface area contributed by atoms with E-state index >= 15 is 0 Å². The summed E-state index contributed by atoms with van der Waals surface area (Å²) in [6, 6.07) is 8.11. The fourth-order valence-electron chi connectivity index (χ4n) is 3.65. The normalized spacial score (nSPS) is 20.7. The highest BCUT2D eigenvalue weighted by Gasteiger charge is 2.48. The van der Waals surface area contributed by atoms with E-state index in [1.165, 1.54) is 5.56 Å². The highest BCUT2D eigenvalue weighted by molar-refractivity contribution is 5.96. The molecule has 2 amide bonds. The molecule has 2 fully saturated rings. The Morgan fingerprint density at radius 3 is 2.31 bits per heavy atom. The molecule has 0 spiro atoms. The zero-order chi connectivity index (χ0) is 16.7. The second kappa shape index (κ2) is 8.13. The van der Waals surface area contributed by atoms with Gasteiger partial charge in [0.1, 0.15) is 0 Å². The summed E-state index contributed by atoms with van der Waals surface area (Å²) < 4.78 is 0. The van der Waals surface area contributed by atoms with Gasteiger partial charge in [-0.15, -0.1) is 24.8 Å². The Morgan fingerprint density at radius 2 is 1.65 bits per heavy atom. The number of piperazine rings is 1. The predicted molar refractivity (Wildman–Crippen MR) is 106 cm³/mol. The number of para-hydroxylation sites is 1. The second-order valence-electron chi connectivity index (χ2n) is 7.15. The molecule has 0 bridgehead atoms. The molecular formula is C18H26Cl2N4O2. The zero-order valence-electron chi connectivity index (χ0n) is 14.7. The molecule has 144 valence electrons. The third kappa shape index (κ3) is 3.98. The van der Waals surface area contributed by atoms with Crippen LogP contribution in [0.25, 0.3) is 0 Å². The molecule has 6 nitrogen and oxygen atoms in total. The largest absolute Gasteiger partial charge is 0.339 e. The van der Waals surface area contributed by atoms with Crippen LogP contribution in [0.2, 0.25) is 0 Å². The van der Waals surface area contributed by atoms with E-state index in [-0.39, 0.29) is 36.6 Å². The van der Waals surface area contributed by atoms with E-state index in [4.69, 9.17) is 5.73 Å². The van der Waals surface area contributed by atoms with Gasteiger partial charge in [-0.1, -0.05) is 18.2 Å². The van der Waals surface area contributed by atoms with Crippen LogP contribution >= 0.6 is 24.8 Å². The number of hydrogen-bond acceptors (Lipinski definition) is 4. The van der Waals surface area contributed by atoms with Gasteiger partial charge in [0, 0.05) is 38.4 Å². The molecule has 8 heteroatoms. The van der Waals surface area contributed by atoms with Gasteiger partial charge < -0.3 is 15.5 Å². The molecule has 3 aliphatic rings. The van der Waals surface area contributed by atoms with E-state index in [0.717, 1.165) is 44.6 Å². The van der Waals surface area contributed by atoms with Gasteiger partial charge in [0.15, 0.2) is 0 Å². The molecule has 0 atom stereocenters. The average molecular weight is 401 g/mol. The SMILES string of the molecule is Cl.Cl.NC1(C(=O)N2CCN(CC(=O)N3CCc4ccccc43)CC2)CC1. The summed E-state index contributed by atoms with van der Waals surface area (Å²) in [7, 11) is 0. The number of fused-ring (bicyclic) bond motifs is 1. The molecule has 1 aromatic rings. The van der Waals surface area contributed by atoms with Gasteiger partial charge in [0.05, 0.1) is 12.1 Å². The van der Waals surface area contributed by atoms with Gasteiger partial charge in [0.2, 0.25) is 11.8 Å². The summed E-state index contributed by atoms with van der Waals surface area (Å²) in [6.07, 6.45) is 2.54. The summed E-state index contributed by atoms with van der Waals surface area (Å²) in [5.74, 6) is 0.235. The van der Waals surface area contributed by atoms with E-state index in [0.29, 0.717) is 19.6 Å². The lowest BCUT2D eigenvalue weighted by atomic mass is 10.2. The maximum atomic E-state index is 12.6. The first-order chi connectivity index (χ1) is 11.6. The minimum atomic E-state index is -0.586. The van der Waals surface area contributed by atoms with Crippen molar-refractivity contribution in [2.24, 2.45) is 5.73 Å². The van der Waals surface area contributed by atoms with Crippen LogP contribution in [0.5, 0.6) is 0 Å². The van der Waals surface area contributed by atoms with E-state index in [1.807, 2.05) is 28.0 Å². The number of carbonyl (C=O) groups is 2. The van der Waals surface area contributed by atoms with Crippen LogP contribution in [0.4, 0.5) is 5.69 Å². The zero-order valence-corrected chi connectivity index (χ0v) is 16.4. The fraction of sp³-hybridized carbons (Fsp3) is 0.556. The van der Waals surface area contributed by atoms with E-state index in [9.17, 15) is 9.59 Å². The Bertz CT molecular complexity index is 673. The van der Waals surface area contributed by atoms with Crippen LogP contribution < -0.4 is 10.6 Å². The lowest BCUT2D eigenvalue weighted by Crippen LogP contribution is -2.55. The molecule has 1 saturated heterocycles. The topological polar surface area (TPSA) is 69.9 Å². The Labute approximate surface area is 166 Å². The highest BCUT2D eigenvalue weighted by Crippen LogP contribution is 2.34. The van der Waals surface area contributed by atoms with Gasteiger partial charge in [0.25, 0.3) is 0 Å². The number of nitrogens with zero attached hydrogens (tertiary/aromatic N) is 3. The van der Waals surface area contributed by atoms with E-state index in [2.05, 4.69) is 11.0 Å². The van der Waals surface area contributed by atoms with Crippen molar-refractivity contribution in [1.29, 1.82) is 0 Å². The van der Waals surface area contributed by atoms with Crippen LogP contribution in [0, 0.1) is 0 Å². The summed E-state index contributed by atoms with van der Waals surface area (Å²) in [5.41, 5.74) is 7.71. The van der Waals surface area contributed by atoms with Crippen LogP contribution in [-0.4, -0.2) is 66.4 Å². The van der Waals surface area contributed by atoms with Crippen molar-refractivity contribution in [3.63, 3.8) is 0 Å². The monoisotopic (exact) mass is 400 g/mol. The van der Waals surface area contributed by atoms with Gasteiger partial charge in [-0.05, 0) is 30.9 Å². The van der Waals surface area contributed by atoms with Gasteiger partial charge in [-0.25, -0.2) is 0 Å². The van der Waals surface area contributed by atoms with Crippen molar-refractivity contribution >= 4 is 42.3 Å². The predicted octanol–water partition coefficient (Wildman–Crippen LogP) is 1.05. The molecule has 0 aromatic heterocycles. The number of carbonyl (C=O) groups excluding carboxylic acids is 2. The first kappa shape index (κ1) is 21.0. The first-order valence-electron chi connectivity index (χ1n) is 8.76. The third-order valence-electron chi connectivity index (χ3n) is 5.42. The van der Waals surface area contributed by atoms with Gasteiger partial charge >= 0.3 is 0 Å². The number of amides is 2. The number of anilines is 1. The Balaban J connectivity index is 0.00000121. The van der Waals surface area contributed by atoms with Gasteiger partial charge in [-0.2, -0.15) is 0 Å². The molecule has 0 radical (unpaired) electrons. The smallest absolute Gasteiger partial charge is 0.242 e. The fourth-order valence-corrected chi connectivity index (χ4v) is 3.65. The van der Waals surface area contributed by atoms with Crippen molar-refractivity contribution in [3.8, 4) is 0 Å². The van der Waals surface area contributed by atoms with E-state index in [1.54, 1.807) is 0 Å². The molecule has 1 aromatic carbocycles. The first-order valence-corrected chi connectivity index (χ1v) is 8.76. The molecule has 1 saturated carbocycles. The third-order valence-corrected chi connectivity index (χ3v) is 5.42. The Morgan fingerprint density at radius 1 is 1.00 bits per heavy atom. The Hall–Kier alpha value is -1.34. The molecule has 2 heterocycles. The molecule has 1 aliphatic carbocycles. The molecule has 2 aliphatic heterocycles. The van der Waals surface area contributed by atoms with Crippen molar-refractivity contribution in [3.05, 3.63) is 29.8 Å². The molecule has 0 unspecified atom stereocenters. The summed E-state index contributed by atoms with van der Waals surface area (Å²) in [4.78, 5) is 30.8. The maximum absolute atomic E-state index is 12.6. The lowest BCUT2D eigenvalue weighted by molar-refractivity contribution is -0.135. The minimum absolute atomic E-state index is 0.